The number of pyridine rings is 1. The number of aryl methyl sites for hydroxylation is 1. The number of allylic oxidation sites excluding steroid dienone is 1. The van der Waals surface area contributed by atoms with Crippen LogP contribution < -0.4 is 20.3 Å². The lowest BCUT2D eigenvalue weighted by molar-refractivity contribution is -0.140. The summed E-state index contributed by atoms with van der Waals surface area (Å²) in [4.78, 5) is 48.1. The standard InChI is InChI=1S/C34H30F3N5O4S/c1-19-16-23(46-22-7-3-2-4-8-22)11-12-25(19)42-26-13-14-38-31-27(26)28(40-33(42)45)29(47-31)30(43)39-21-6-5-15-41(18-21)32(44)24(34(35,36)37)17-20-9-10-20/h2-4,7-8,11-14,16-17,20-21H,5-6,9-10,15,18H2,1H3,(H,39,43)(H,40,45). The molecule has 0 bridgehead atoms. The Kier molecular flexibility index (Phi) is 7.87. The van der Waals surface area contributed by atoms with Gasteiger partial charge in [0.1, 0.15) is 26.8 Å². The van der Waals surface area contributed by atoms with Gasteiger partial charge in [-0.1, -0.05) is 24.3 Å². The number of likely N-dealkylation sites (tertiary alicyclic amines) is 1. The van der Waals surface area contributed by atoms with Crippen LogP contribution in [0.5, 0.6) is 11.5 Å². The van der Waals surface area contributed by atoms with Crippen molar-refractivity contribution in [2.75, 3.05) is 23.3 Å². The molecule has 47 heavy (non-hydrogen) atoms. The maximum absolute atomic E-state index is 13.7. The third-order valence-electron chi connectivity index (χ3n) is 8.44. The summed E-state index contributed by atoms with van der Waals surface area (Å²) in [5, 5.41) is 6.37. The van der Waals surface area contributed by atoms with Crippen molar-refractivity contribution in [1.29, 1.82) is 0 Å². The molecule has 2 N–H and O–H groups in total. The van der Waals surface area contributed by atoms with Gasteiger partial charge in [0.25, 0.3) is 11.8 Å². The third kappa shape index (κ3) is 6.14. The molecule has 1 aliphatic carbocycles. The Bertz CT molecular complexity index is 1920. The van der Waals surface area contributed by atoms with Crippen LogP contribution >= 0.6 is 11.3 Å². The highest BCUT2D eigenvalue weighted by atomic mass is 32.1. The van der Waals surface area contributed by atoms with Crippen molar-refractivity contribution >= 4 is 56.5 Å². The number of rotatable bonds is 7. The minimum atomic E-state index is -4.75. The molecule has 7 rings (SSSR count). The van der Waals surface area contributed by atoms with Gasteiger partial charge in [-0.25, -0.2) is 9.78 Å². The summed E-state index contributed by atoms with van der Waals surface area (Å²) in [5.41, 5.74) is 1.15. The molecule has 9 nitrogen and oxygen atoms in total. The normalized spacial score (nSPS) is 18.3. The van der Waals surface area contributed by atoms with E-state index in [9.17, 15) is 27.6 Å². The number of urea groups is 1. The zero-order valence-electron chi connectivity index (χ0n) is 25.3. The molecule has 4 amide bonds. The highest BCUT2D eigenvalue weighted by Crippen LogP contribution is 2.46. The molecule has 1 saturated carbocycles. The number of para-hydroxylation sites is 1. The summed E-state index contributed by atoms with van der Waals surface area (Å²) < 4.78 is 47.1. The Balaban J connectivity index is 1.12. The Labute approximate surface area is 272 Å². The van der Waals surface area contributed by atoms with E-state index in [0.717, 1.165) is 23.0 Å². The number of nitrogens with one attached hydrogen (secondary N) is 2. The molecular weight excluding hydrogens is 631 g/mol. The van der Waals surface area contributed by atoms with E-state index in [1.54, 1.807) is 24.4 Å². The first-order valence-corrected chi connectivity index (χ1v) is 16.1. The van der Waals surface area contributed by atoms with E-state index in [0.29, 0.717) is 64.5 Å². The lowest BCUT2D eigenvalue weighted by Gasteiger charge is -2.34. The number of nitrogens with zero attached hydrogens (tertiary/aromatic N) is 3. The predicted octanol–water partition coefficient (Wildman–Crippen LogP) is 7.70. The predicted molar refractivity (Wildman–Crippen MR) is 172 cm³/mol. The van der Waals surface area contributed by atoms with E-state index in [1.807, 2.05) is 43.3 Å². The largest absolute Gasteiger partial charge is 0.457 e. The number of thiophene rings is 1. The zero-order chi connectivity index (χ0) is 32.9. The van der Waals surface area contributed by atoms with Gasteiger partial charge in [-0.3, -0.25) is 14.5 Å². The minimum Gasteiger partial charge on any atom is -0.457 e. The molecule has 2 fully saturated rings. The van der Waals surface area contributed by atoms with Gasteiger partial charge in [-0.15, -0.1) is 11.3 Å². The second-order valence-electron chi connectivity index (χ2n) is 11.9. The van der Waals surface area contributed by atoms with Crippen molar-refractivity contribution in [1.82, 2.24) is 15.2 Å². The van der Waals surface area contributed by atoms with Crippen LogP contribution in [-0.4, -0.2) is 53.0 Å². The number of piperidine rings is 1. The lowest BCUT2D eigenvalue weighted by atomic mass is 10.0. The number of amides is 4. The molecule has 1 atom stereocenters. The van der Waals surface area contributed by atoms with Gasteiger partial charge >= 0.3 is 12.2 Å². The second-order valence-corrected chi connectivity index (χ2v) is 12.9. The molecule has 13 heteroatoms. The third-order valence-corrected chi connectivity index (χ3v) is 9.54. The van der Waals surface area contributed by atoms with Crippen molar-refractivity contribution in [2.24, 2.45) is 5.92 Å². The molecule has 1 saturated heterocycles. The van der Waals surface area contributed by atoms with Crippen molar-refractivity contribution < 1.29 is 32.3 Å². The number of carbonyl (C=O) groups is 3. The van der Waals surface area contributed by atoms with Crippen LogP contribution in [0.1, 0.15) is 40.9 Å². The smallest absolute Gasteiger partial charge is 0.421 e. The van der Waals surface area contributed by atoms with E-state index in [1.165, 1.54) is 9.80 Å². The quantitative estimate of drug-likeness (QED) is 0.198. The Morgan fingerprint density at radius 1 is 1.06 bits per heavy atom. The fourth-order valence-electron chi connectivity index (χ4n) is 6.04. The average Bonchev–Trinajstić information content (AvgIpc) is 3.80. The fraction of sp³-hybridized carbons (Fsp3) is 0.294. The van der Waals surface area contributed by atoms with Crippen LogP contribution in [0.15, 0.2) is 72.4 Å². The summed E-state index contributed by atoms with van der Waals surface area (Å²) >= 11 is 1.11. The highest BCUT2D eigenvalue weighted by Gasteiger charge is 2.43. The molecule has 3 aliphatic rings. The van der Waals surface area contributed by atoms with Crippen LogP contribution in [0.3, 0.4) is 0 Å². The van der Waals surface area contributed by atoms with Gasteiger partial charge in [0.2, 0.25) is 0 Å². The summed E-state index contributed by atoms with van der Waals surface area (Å²) in [7, 11) is 0. The molecule has 0 radical (unpaired) electrons. The van der Waals surface area contributed by atoms with Crippen molar-refractivity contribution in [2.45, 2.75) is 44.8 Å². The fourth-order valence-corrected chi connectivity index (χ4v) is 7.06. The van der Waals surface area contributed by atoms with E-state index in [4.69, 9.17) is 4.74 Å². The molecule has 4 heterocycles. The first kappa shape index (κ1) is 30.7. The highest BCUT2D eigenvalue weighted by molar-refractivity contribution is 7.21. The van der Waals surface area contributed by atoms with Gasteiger partial charge in [-0.05, 0) is 80.5 Å². The molecule has 4 aromatic rings. The van der Waals surface area contributed by atoms with Crippen molar-refractivity contribution in [3.63, 3.8) is 0 Å². The molecule has 2 aliphatic heterocycles. The Hall–Kier alpha value is -4.91. The summed E-state index contributed by atoms with van der Waals surface area (Å²) in [6.45, 7) is 2.00. The lowest BCUT2D eigenvalue weighted by Crippen LogP contribution is -2.50. The Morgan fingerprint density at radius 2 is 1.85 bits per heavy atom. The van der Waals surface area contributed by atoms with Gasteiger partial charge in [0.05, 0.1) is 22.4 Å². The number of aromatic nitrogens is 1. The van der Waals surface area contributed by atoms with Crippen LogP contribution in [0.2, 0.25) is 0 Å². The minimum absolute atomic E-state index is 0.0458. The molecular formula is C34H30F3N5O4S. The van der Waals surface area contributed by atoms with Crippen LogP contribution in [0.4, 0.5) is 35.0 Å². The summed E-state index contributed by atoms with van der Waals surface area (Å²) in [6.07, 6.45) is 0.0889. The number of anilines is 3. The van der Waals surface area contributed by atoms with Gasteiger partial charge in [-0.2, -0.15) is 13.2 Å². The number of benzene rings is 2. The SMILES string of the molecule is Cc1cc(Oc2ccccc2)ccc1N1C(=O)Nc2c(C(=O)NC3CCCN(C(=O)C(=CC4CC4)C(F)(F)F)C3)sc3nccc1c23. The van der Waals surface area contributed by atoms with Crippen LogP contribution in [0.25, 0.3) is 10.2 Å². The average molecular weight is 662 g/mol. The van der Waals surface area contributed by atoms with E-state index >= 15 is 0 Å². The molecule has 1 unspecified atom stereocenters. The number of alkyl halides is 3. The van der Waals surface area contributed by atoms with Gasteiger partial charge in [0.15, 0.2) is 0 Å². The van der Waals surface area contributed by atoms with E-state index in [-0.39, 0.29) is 23.9 Å². The summed E-state index contributed by atoms with van der Waals surface area (Å²) in [6, 6.07) is 15.5. The first-order valence-electron chi connectivity index (χ1n) is 15.3. The van der Waals surface area contributed by atoms with Gasteiger partial charge in [0, 0.05) is 25.3 Å². The molecule has 2 aromatic heterocycles. The number of ether oxygens (including phenoxy) is 1. The number of carbonyl (C=O) groups excluding carboxylic acids is 3. The number of hydrogen-bond donors (Lipinski definition) is 2. The second kappa shape index (κ2) is 12.0. The number of halogens is 3. The maximum Gasteiger partial charge on any atom is 0.421 e. The van der Waals surface area contributed by atoms with Crippen LogP contribution in [0, 0.1) is 12.8 Å². The maximum atomic E-state index is 13.7. The van der Waals surface area contributed by atoms with E-state index in [2.05, 4.69) is 15.6 Å². The van der Waals surface area contributed by atoms with Crippen molar-refractivity contribution in [3.8, 4) is 11.5 Å². The monoisotopic (exact) mass is 661 g/mol. The molecule has 242 valence electrons. The summed E-state index contributed by atoms with van der Waals surface area (Å²) in [5.74, 6) is -0.477. The number of hydrogen-bond acceptors (Lipinski definition) is 6. The molecule has 0 spiro atoms. The first-order chi connectivity index (χ1) is 22.6. The zero-order valence-corrected chi connectivity index (χ0v) is 26.1. The van der Waals surface area contributed by atoms with Gasteiger partial charge < -0.3 is 20.3 Å². The van der Waals surface area contributed by atoms with Crippen molar-refractivity contribution in [3.05, 3.63) is 82.9 Å². The molecule has 2 aromatic carbocycles. The Morgan fingerprint density at radius 3 is 2.57 bits per heavy atom. The topological polar surface area (TPSA) is 104 Å². The van der Waals surface area contributed by atoms with E-state index < -0.39 is 35.6 Å². The van der Waals surface area contributed by atoms with Crippen LogP contribution in [-0.2, 0) is 4.79 Å².